The lowest BCUT2D eigenvalue weighted by Crippen LogP contribution is -2.39. The van der Waals surface area contributed by atoms with E-state index in [4.69, 9.17) is 0 Å². The number of rotatable bonds is 2. The number of halogens is 3. The molecule has 5 heteroatoms. The minimum absolute atomic E-state index is 0.0900. The monoisotopic (exact) mass is 299 g/mol. The maximum atomic E-state index is 12.7. The van der Waals surface area contributed by atoms with Crippen LogP contribution in [0.5, 0.6) is 0 Å². The summed E-state index contributed by atoms with van der Waals surface area (Å²) < 4.78 is 38.0. The third-order valence-corrected chi connectivity index (χ3v) is 4.09. The van der Waals surface area contributed by atoms with Gasteiger partial charge >= 0.3 is 6.18 Å². The molecule has 1 saturated heterocycles. The quantitative estimate of drug-likeness (QED) is 0.800. The minimum Gasteiger partial charge on any atom is -0.338 e. The summed E-state index contributed by atoms with van der Waals surface area (Å²) in [5.41, 5.74) is 0.647. The average Bonchev–Trinajstić information content (AvgIpc) is 2.45. The second kappa shape index (κ2) is 6.08. The number of nitrogens with zero attached hydrogens (tertiary/aromatic N) is 1. The van der Waals surface area contributed by atoms with Crippen molar-refractivity contribution in [3.8, 4) is 0 Å². The Kier molecular flexibility index (Phi) is 4.59. The summed E-state index contributed by atoms with van der Waals surface area (Å²) in [5, 5.41) is 0. The van der Waals surface area contributed by atoms with E-state index in [-0.39, 0.29) is 11.5 Å². The van der Waals surface area contributed by atoms with Gasteiger partial charge in [0.05, 0.1) is 5.92 Å². The Morgan fingerprint density at radius 1 is 1.29 bits per heavy atom. The topological polar surface area (TPSA) is 20.3 Å². The molecule has 0 aromatic heterocycles. The molecular formula is C16H20F3NO. The molecular weight excluding hydrogens is 279 g/mol. The molecule has 1 aromatic rings. The Labute approximate surface area is 122 Å². The van der Waals surface area contributed by atoms with Gasteiger partial charge in [0, 0.05) is 18.7 Å². The first-order valence-electron chi connectivity index (χ1n) is 7.25. The number of amides is 1. The summed E-state index contributed by atoms with van der Waals surface area (Å²) in [7, 11) is 0. The van der Waals surface area contributed by atoms with Gasteiger partial charge in [-0.15, -0.1) is 0 Å². The van der Waals surface area contributed by atoms with Crippen LogP contribution in [-0.4, -0.2) is 30.1 Å². The first kappa shape index (κ1) is 15.9. The molecule has 0 spiro atoms. The fourth-order valence-electron chi connectivity index (χ4n) is 2.66. The maximum Gasteiger partial charge on any atom is 0.395 e. The Bertz CT molecular complexity index is 495. The number of hydrogen-bond acceptors (Lipinski definition) is 1. The van der Waals surface area contributed by atoms with Crippen LogP contribution >= 0.6 is 0 Å². The Morgan fingerprint density at radius 3 is 2.43 bits per heavy atom. The maximum absolute atomic E-state index is 12.7. The van der Waals surface area contributed by atoms with Gasteiger partial charge in [-0.05, 0) is 43.4 Å². The summed E-state index contributed by atoms with van der Waals surface area (Å²) in [4.78, 5) is 14.1. The van der Waals surface area contributed by atoms with Gasteiger partial charge in [0.15, 0.2) is 0 Å². The van der Waals surface area contributed by atoms with Gasteiger partial charge in [0.25, 0.3) is 5.91 Å². The highest BCUT2D eigenvalue weighted by molar-refractivity contribution is 5.94. The summed E-state index contributed by atoms with van der Waals surface area (Å²) in [5.74, 6) is -1.13. The van der Waals surface area contributed by atoms with Crippen molar-refractivity contribution in [2.24, 2.45) is 5.92 Å². The number of carbonyl (C=O) groups excluding carboxylic acids is 1. The van der Waals surface area contributed by atoms with Crippen molar-refractivity contribution in [3.05, 3.63) is 35.4 Å². The van der Waals surface area contributed by atoms with Gasteiger partial charge in [-0.2, -0.15) is 13.2 Å². The normalized spacial score (nSPS) is 21.2. The van der Waals surface area contributed by atoms with Crippen molar-refractivity contribution >= 4 is 5.91 Å². The number of piperidine rings is 1. The van der Waals surface area contributed by atoms with E-state index in [0.717, 1.165) is 32.9 Å². The molecule has 2 nitrogen and oxygen atoms in total. The molecule has 0 aliphatic carbocycles. The number of hydrogen-bond donors (Lipinski definition) is 0. The Morgan fingerprint density at radius 2 is 1.90 bits per heavy atom. The van der Waals surface area contributed by atoms with Gasteiger partial charge in [-0.1, -0.05) is 19.1 Å². The van der Waals surface area contributed by atoms with Crippen LogP contribution in [0.4, 0.5) is 13.2 Å². The van der Waals surface area contributed by atoms with Crippen molar-refractivity contribution < 1.29 is 18.0 Å². The standard InChI is InChI=1S/C16H20F3NO/c1-11-4-3-9-20(10-11)15(21)14-7-5-13(6-8-14)12(2)16(17,18)19/h5-8,11-12H,3-4,9-10H2,1-2H3. The van der Waals surface area contributed by atoms with E-state index in [1.807, 2.05) is 0 Å². The molecule has 1 fully saturated rings. The van der Waals surface area contributed by atoms with Crippen molar-refractivity contribution in [1.29, 1.82) is 0 Å². The van der Waals surface area contributed by atoms with Crippen LogP contribution in [0.2, 0.25) is 0 Å². The van der Waals surface area contributed by atoms with Crippen LogP contribution in [-0.2, 0) is 0 Å². The highest BCUT2D eigenvalue weighted by Gasteiger charge is 2.37. The predicted molar refractivity (Wildman–Crippen MR) is 75.2 cm³/mol. The lowest BCUT2D eigenvalue weighted by atomic mass is 9.97. The number of alkyl halides is 3. The first-order chi connectivity index (χ1) is 9.79. The smallest absolute Gasteiger partial charge is 0.338 e. The SMILES string of the molecule is CC1CCCN(C(=O)c2ccc(C(C)C(F)(F)F)cc2)C1. The van der Waals surface area contributed by atoms with E-state index >= 15 is 0 Å². The summed E-state index contributed by atoms with van der Waals surface area (Å²) in [6.07, 6.45) is -2.16. The summed E-state index contributed by atoms with van der Waals surface area (Å²) in [6, 6.07) is 5.80. The van der Waals surface area contributed by atoms with Gasteiger partial charge in [-0.3, -0.25) is 4.79 Å². The van der Waals surface area contributed by atoms with E-state index in [1.54, 1.807) is 4.90 Å². The lowest BCUT2D eigenvalue weighted by Gasteiger charge is -2.31. The molecule has 1 aliphatic rings. The number of benzene rings is 1. The van der Waals surface area contributed by atoms with E-state index in [0.29, 0.717) is 11.5 Å². The molecule has 0 saturated carbocycles. The lowest BCUT2D eigenvalue weighted by molar-refractivity contribution is -0.146. The van der Waals surface area contributed by atoms with E-state index in [1.165, 1.54) is 24.3 Å². The van der Waals surface area contributed by atoms with Crippen LogP contribution in [0.3, 0.4) is 0 Å². The van der Waals surface area contributed by atoms with Gasteiger partial charge in [0.1, 0.15) is 0 Å². The van der Waals surface area contributed by atoms with Crippen molar-refractivity contribution in [3.63, 3.8) is 0 Å². The van der Waals surface area contributed by atoms with Crippen LogP contribution in [0.1, 0.15) is 48.5 Å². The molecule has 2 rings (SSSR count). The second-order valence-corrected chi connectivity index (χ2v) is 5.88. The van der Waals surface area contributed by atoms with Crippen LogP contribution in [0.25, 0.3) is 0 Å². The largest absolute Gasteiger partial charge is 0.395 e. The Balaban J connectivity index is 2.10. The first-order valence-corrected chi connectivity index (χ1v) is 7.25. The molecule has 116 valence electrons. The number of likely N-dealkylation sites (tertiary alicyclic amines) is 1. The average molecular weight is 299 g/mol. The van der Waals surface area contributed by atoms with Gasteiger partial charge < -0.3 is 4.90 Å². The molecule has 0 radical (unpaired) electrons. The number of carbonyl (C=O) groups is 1. The molecule has 1 amide bonds. The summed E-state index contributed by atoms with van der Waals surface area (Å²) >= 11 is 0. The fraction of sp³-hybridized carbons (Fsp3) is 0.562. The molecule has 2 unspecified atom stereocenters. The second-order valence-electron chi connectivity index (χ2n) is 5.88. The molecule has 2 atom stereocenters. The highest BCUT2D eigenvalue weighted by atomic mass is 19.4. The zero-order valence-corrected chi connectivity index (χ0v) is 12.3. The van der Waals surface area contributed by atoms with Crippen molar-refractivity contribution in [1.82, 2.24) is 4.90 Å². The zero-order valence-electron chi connectivity index (χ0n) is 12.3. The van der Waals surface area contributed by atoms with Gasteiger partial charge in [0.2, 0.25) is 0 Å². The van der Waals surface area contributed by atoms with E-state index in [2.05, 4.69) is 6.92 Å². The van der Waals surface area contributed by atoms with Gasteiger partial charge in [-0.25, -0.2) is 0 Å². The molecule has 1 aromatic carbocycles. The minimum atomic E-state index is -4.26. The van der Waals surface area contributed by atoms with Crippen molar-refractivity contribution in [2.75, 3.05) is 13.1 Å². The predicted octanol–water partition coefficient (Wildman–Crippen LogP) is 4.22. The Hall–Kier alpha value is -1.52. The van der Waals surface area contributed by atoms with Crippen molar-refractivity contribution in [2.45, 2.75) is 38.8 Å². The van der Waals surface area contributed by atoms with E-state index in [9.17, 15) is 18.0 Å². The third kappa shape index (κ3) is 3.77. The summed E-state index contributed by atoms with van der Waals surface area (Å²) in [6.45, 7) is 4.68. The van der Waals surface area contributed by atoms with Crippen LogP contribution in [0.15, 0.2) is 24.3 Å². The van der Waals surface area contributed by atoms with Crippen LogP contribution < -0.4 is 0 Å². The molecule has 0 bridgehead atoms. The fourth-order valence-corrected chi connectivity index (χ4v) is 2.66. The molecule has 1 aliphatic heterocycles. The third-order valence-electron chi connectivity index (χ3n) is 4.09. The van der Waals surface area contributed by atoms with E-state index < -0.39 is 12.1 Å². The molecule has 0 N–H and O–H groups in total. The highest BCUT2D eigenvalue weighted by Crippen LogP contribution is 2.34. The molecule has 21 heavy (non-hydrogen) atoms. The molecule has 1 heterocycles. The zero-order chi connectivity index (χ0) is 15.6. The van der Waals surface area contributed by atoms with Crippen LogP contribution in [0, 0.1) is 5.92 Å².